The quantitative estimate of drug-likeness (QED) is 0.586. The largest absolute Gasteiger partial charge is 0.481 e. The number of carboxylic acid groups (broad SMARTS) is 1. The van der Waals surface area contributed by atoms with Crippen molar-refractivity contribution in [3.63, 3.8) is 0 Å². The van der Waals surface area contributed by atoms with E-state index in [2.05, 4.69) is 5.32 Å². The summed E-state index contributed by atoms with van der Waals surface area (Å²) in [5, 5.41) is 13.2. The number of methoxy groups -OCH3 is 1. The number of rotatable bonds is 4. The minimum Gasteiger partial charge on any atom is -0.481 e. The van der Waals surface area contributed by atoms with Crippen LogP contribution in [-0.2, 0) is 27.2 Å². The van der Waals surface area contributed by atoms with Crippen molar-refractivity contribution in [1.29, 1.82) is 0 Å². The molecule has 1 aromatic rings. The lowest BCUT2D eigenvalue weighted by atomic mass is 9.58. The second-order valence-corrected chi connectivity index (χ2v) is 9.42. The molecule has 6 nitrogen and oxygen atoms in total. The third-order valence-corrected chi connectivity index (χ3v) is 8.06. The average molecular weight is 406 g/mol. The van der Waals surface area contributed by atoms with Gasteiger partial charge in [-0.25, -0.2) is 4.79 Å². The number of thiophene rings is 1. The van der Waals surface area contributed by atoms with Crippen molar-refractivity contribution >= 4 is 34.2 Å². The summed E-state index contributed by atoms with van der Waals surface area (Å²) in [6.07, 6.45) is 8.58. The molecule has 2 bridgehead atoms. The van der Waals surface area contributed by atoms with E-state index in [1.165, 1.54) is 18.4 Å². The van der Waals surface area contributed by atoms with Crippen LogP contribution in [0.25, 0.3) is 0 Å². The van der Waals surface area contributed by atoms with Crippen molar-refractivity contribution < 1.29 is 24.2 Å². The Kier molecular flexibility index (Phi) is 5.45. The molecule has 3 saturated carbocycles. The van der Waals surface area contributed by atoms with Crippen molar-refractivity contribution in [2.45, 2.75) is 57.8 Å². The summed E-state index contributed by atoms with van der Waals surface area (Å²) in [5.74, 6) is -2.48. The Labute approximate surface area is 168 Å². The molecule has 28 heavy (non-hydrogen) atoms. The maximum atomic E-state index is 13.2. The van der Waals surface area contributed by atoms with Crippen LogP contribution in [0.15, 0.2) is 0 Å². The fourth-order valence-corrected chi connectivity index (χ4v) is 6.81. The summed E-state index contributed by atoms with van der Waals surface area (Å²) in [6.45, 7) is 0. The van der Waals surface area contributed by atoms with E-state index in [1.807, 2.05) is 0 Å². The topological polar surface area (TPSA) is 92.7 Å². The van der Waals surface area contributed by atoms with Gasteiger partial charge in [-0.2, -0.15) is 0 Å². The summed E-state index contributed by atoms with van der Waals surface area (Å²) in [6, 6.07) is 0. The Morgan fingerprint density at radius 1 is 1.00 bits per heavy atom. The van der Waals surface area contributed by atoms with Crippen LogP contribution >= 0.6 is 11.3 Å². The van der Waals surface area contributed by atoms with E-state index in [-0.39, 0.29) is 17.7 Å². The molecule has 152 valence electrons. The van der Waals surface area contributed by atoms with Gasteiger partial charge in [0.1, 0.15) is 5.00 Å². The van der Waals surface area contributed by atoms with Crippen LogP contribution < -0.4 is 5.32 Å². The number of fused-ring (bicyclic) bond motifs is 4. The van der Waals surface area contributed by atoms with E-state index in [1.54, 1.807) is 0 Å². The van der Waals surface area contributed by atoms with Gasteiger partial charge in [0.15, 0.2) is 0 Å². The molecule has 1 amide bonds. The van der Waals surface area contributed by atoms with Crippen molar-refractivity contribution in [2.75, 3.05) is 12.4 Å². The number of carbonyl (C=O) groups is 3. The number of aliphatic carboxylic acids is 1. The van der Waals surface area contributed by atoms with Crippen LogP contribution in [0.5, 0.6) is 0 Å². The van der Waals surface area contributed by atoms with Gasteiger partial charge in [0.2, 0.25) is 5.91 Å². The van der Waals surface area contributed by atoms with Gasteiger partial charge in [0.25, 0.3) is 0 Å². The van der Waals surface area contributed by atoms with Gasteiger partial charge in [0, 0.05) is 4.88 Å². The molecule has 2 atom stereocenters. The highest BCUT2D eigenvalue weighted by molar-refractivity contribution is 7.17. The maximum absolute atomic E-state index is 13.2. The summed E-state index contributed by atoms with van der Waals surface area (Å²) in [7, 11) is 1.36. The zero-order valence-corrected chi connectivity index (χ0v) is 17.0. The molecule has 4 aliphatic carbocycles. The predicted molar refractivity (Wildman–Crippen MR) is 106 cm³/mol. The molecule has 7 heteroatoms. The molecular weight excluding hydrogens is 378 g/mol. The molecule has 0 aliphatic heterocycles. The van der Waals surface area contributed by atoms with Gasteiger partial charge in [-0.15, -0.1) is 11.3 Å². The summed E-state index contributed by atoms with van der Waals surface area (Å²) in [4.78, 5) is 38.7. The number of carboxylic acids is 1. The molecule has 4 aliphatic rings. The van der Waals surface area contributed by atoms with E-state index < -0.39 is 23.8 Å². The van der Waals surface area contributed by atoms with Crippen LogP contribution in [-0.4, -0.2) is 30.1 Å². The van der Waals surface area contributed by atoms with Crippen LogP contribution in [0, 0.1) is 23.7 Å². The fraction of sp³-hybridized carbons (Fsp3) is 0.667. The highest BCUT2D eigenvalue weighted by atomic mass is 32.1. The van der Waals surface area contributed by atoms with Gasteiger partial charge >= 0.3 is 11.9 Å². The predicted octanol–water partition coefficient (Wildman–Crippen LogP) is 3.88. The molecule has 5 rings (SSSR count). The van der Waals surface area contributed by atoms with Crippen molar-refractivity contribution in [1.82, 2.24) is 0 Å². The molecule has 0 spiro atoms. The van der Waals surface area contributed by atoms with Crippen LogP contribution in [0.3, 0.4) is 0 Å². The Balaban J connectivity index is 1.64. The molecule has 0 radical (unpaired) electrons. The van der Waals surface area contributed by atoms with Gasteiger partial charge < -0.3 is 15.2 Å². The number of esters is 1. The smallest absolute Gasteiger partial charge is 0.341 e. The monoisotopic (exact) mass is 405 g/mol. The lowest BCUT2D eigenvalue weighted by Crippen LogP contribution is -2.49. The first-order chi connectivity index (χ1) is 13.5. The Bertz CT molecular complexity index is 793. The lowest BCUT2D eigenvalue weighted by molar-refractivity contribution is -0.156. The molecular formula is C21H27NO5S. The number of nitrogens with one attached hydrogen (secondary N) is 1. The van der Waals surface area contributed by atoms with Gasteiger partial charge in [-0.05, 0) is 68.8 Å². The zero-order chi connectivity index (χ0) is 19.8. The Hall–Kier alpha value is -1.89. The third kappa shape index (κ3) is 3.34. The van der Waals surface area contributed by atoms with E-state index in [9.17, 15) is 19.5 Å². The van der Waals surface area contributed by atoms with Gasteiger partial charge in [-0.1, -0.05) is 6.42 Å². The van der Waals surface area contributed by atoms with Crippen LogP contribution in [0.2, 0.25) is 0 Å². The van der Waals surface area contributed by atoms with Crippen molar-refractivity contribution in [2.24, 2.45) is 23.7 Å². The number of carbonyl (C=O) groups excluding carboxylic acids is 2. The van der Waals surface area contributed by atoms with Crippen molar-refractivity contribution in [3.05, 3.63) is 16.0 Å². The van der Waals surface area contributed by atoms with E-state index in [0.29, 0.717) is 10.6 Å². The summed E-state index contributed by atoms with van der Waals surface area (Å²) >= 11 is 1.46. The summed E-state index contributed by atoms with van der Waals surface area (Å²) in [5.41, 5.74) is 1.48. The molecule has 2 unspecified atom stereocenters. The maximum Gasteiger partial charge on any atom is 0.341 e. The first-order valence-corrected chi connectivity index (χ1v) is 11.1. The van der Waals surface area contributed by atoms with Crippen LogP contribution in [0.1, 0.15) is 65.7 Å². The van der Waals surface area contributed by atoms with Crippen molar-refractivity contribution in [3.8, 4) is 0 Å². The van der Waals surface area contributed by atoms with E-state index in [0.717, 1.165) is 68.2 Å². The summed E-state index contributed by atoms with van der Waals surface area (Å²) < 4.78 is 5.00. The number of anilines is 1. The number of hydrogen-bond acceptors (Lipinski definition) is 5. The van der Waals surface area contributed by atoms with Gasteiger partial charge in [0.05, 0.1) is 24.5 Å². The highest BCUT2D eigenvalue weighted by Gasteiger charge is 2.50. The first-order valence-electron chi connectivity index (χ1n) is 10.3. The fourth-order valence-electron chi connectivity index (χ4n) is 5.53. The van der Waals surface area contributed by atoms with Crippen LogP contribution in [0.4, 0.5) is 5.00 Å². The van der Waals surface area contributed by atoms with E-state index in [4.69, 9.17) is 4.74 Å². The third-order valence-electron chi connectivity index (χ3n) is 6.85. The minimum absolute atomic E-state index is 0.0818. The second-order valence-electron chi connectivity index (χ2n) is 8.31. The average Bonchev–Trinajstić information content (AvgIpc) is 2.87. The normalized spacial score (nSPS) is 28.9. The highest BCUT2D eigenvalue weighted by Crippen LogP contribution is 2.49. The van der Waals surface area contributed by atoms with Gasteiger partial charge in [-0.3, -0.25) is 9.59 Å². The molecule has 2 N–H and O–H groups in total. The molecule has 1 aromatic heterocycles. The number of aryl methyl sites for hydroxylation is 1. The number of ether oxygens (including phenoxy) is 1. The van der Waals surface area contributed by atoms with E-state index >= 15 is 0 Å². The number of hydrogen-bond donors (Lipinski definition) is 2. The number of amides is 1. The molecule has 1 heterocycles. The second kappa shape index (κ2) is 7.85. The Morgan fingerprint density at radius 2 is 1.64 bits per heavy atom. The minimum atomic E-state index is -0.871. The zero-order valence-electron chi connectivity index (χ0n) is 16.2. The standard InChI is InChI=1S/C21H27NO5S/c1-27-21(26)17-13-5-3-2-4-6-14(13)28-19(17)22-18(23)15-11-7-9-12(10-8-11)16(15)20(24)25/h11-12,15-16H,2-10H2,1H3,(H,22,23)(H,24,25). The molecule has 0 saturated heterocycles. The molecule has 3 fully saturated rings. The SMILES string of the molecule is COC(=O)c1c(NC(=O)C2C3CCC(CC3)C2C(=O)O)sc2c1CCCCC2. The lowest BCUT2D eigenvalue weighted by Gasteiger charge is -2.45. The Morgan fingerprint density at radius 3 is 2.29 bits per heavy atom. The molecule has 0 aromatic carbocycles. The first kappa shape index (κ1) is 19.4.